The third kappa shape index (κ3) is 3.44. The Hall–Kier alpha value is -3.68. The monoisotopic (exact) mass is 393 g/mol. The smallest absolute Gasteiger partial charge is 0.329 e. The van der Waals surface area contributed by atoms with Crippen molar-refractivity contribution in [3.8, 4) is 0 Å². The molecule has 2 aromatic heterocycles. The number of carbonyl (C=O) groups is 1. The summed E-state index contributed by atoms with van der Waals surface area (Å²) in [4.78, 5) is 29.8. The first-order valence-corrected chi connectivity index (χ1v) is 9.12. The van der Waals surface area contributed by atoms with Crippen LogP contribution in [0.2, 0.25) is 0 Å². The summed E-state index contributed by atoms with van der Waals surface area (Å²) in [5, 5.41) is 2.93. The van der Waals surface area contributed by atoms with Crippen molar-refractivity contribution < 1.29 is 9.18 Å². The third-order valence-electron chi connectivity index (χ3n) is 4.98. The average Bonchev–Trinajstić information content (AvgIpc) is 3.24. The Labute approximate surface area is 166 Å². The van der Waals surface area contributed by atoms with Gasteiger partial charge >= 0.3 is 5.69 Å². The molecule has 29 heavy (non-hydrogen) atoms. The van der Waals surface area contributed by atoms with E-state index in [0.29, 0.717) is 16.9 Å². The Morgan fingerprint density at radius 2 is 1.79 bits per heavy atom. The fraction of sp³-hybridized carbons (Fsp3) is 0.190. The topological polar surface area (TPSA) is 73.8 Å². The Kier molecular flexibility index (Phi) is 4.75. The van der Waals surface area contributed by atoms with Crippen LogP contribution in [0.4, 0.5) is 4.39 Å². The summed E-state index contributed by atoms with van der Waals surface area (Å²) in [6.45, 7) is -0.137. The number of halogens is 1. The maximum Gasteiger partial charge on any atom is 0.329 e. The maximum absolute atomic E-state index is 13.4. The summed E-state index contributed by atoms with van der Waals surface area (Å²) in [5.41, 5.74) is 1.87. The minimum atomic E-state index is -0.575. The maximum atomic E-state index is 13.4. The molecular formula is C21H20FN5O2. The number of fused-ring (bicyclic) bond motifs is 1. The standard InChI is InChI=1S/C21H20FN5O2/c1-25-12-11-23-20(25)19(14-7-9-15(22)10-8-14)24-18(28)13-27-17-6-4-3-5-16(17)26(2)21(27)29/h3-12,19H,13H2,1-2H3,(H,24,28). The van der Waals surface area contributed by atoms with E-state index in [0.717, 1.165) is 5.52 Å². The van der Waals surface area contributed by atoms with Gasteiger partial charge in [-0.05, 0) is 29.8 Å². The molecule has 1 atom stereocenters. The number of nitrogens with one attached hydrogen (secondary N) is 1. The summed E-state index contributed by atoms with van der Waals surface area (Å²) < 4.78 is 18.1. The van der Waals surface area contributed by atoms with Crippen LogP contribution in [-0.2, 0) is 25.4 Å². The number of aryl methyl sites for hydroxylation is 2. The lowest BCUT2D eigenvalue weighted by Gasteiger charge is -2.19. The van der Waals surface area contributed by atoms with Crippen LogP contribution in [0, 0.1) is 5.82 Å². The van der Waals surface area contributed by atoms with E-state index in [4.69, 9.17) is 0 Å². The van der Waals surface area contributed by atoms with Crippen molar-refractivity contribution in [2.75, 3.05) is 0 Å². The fourth-order valence-corrected chi connectivity index (χ4v) is 3.47. The Morgan fingerprint density at radius 3 is 2.45 bits per heavy atom. The number of carbonyl (C=O) groups excluding carboxylic acids is 1. The van der Waals surface area contributed by atoms with E-state index in [1.165, 1.54) is 21.3 Å². The highest BCUT2D eigenvalue weighted by atomic mass is 19.1. The van der Waals surface area contributed by atoms with Gasteiger partial charge in [-0.1, -0.05) is 24.3 Å². The Bertz CT molecular complexity index is 1240. The highest BCUT2D eigenvalue weighted by Crippen LogP contribution is 2.21. The first-order valence-electron chi connectivity index (χ1n) is 9.12. The molecular weight excluding hydrogens is 373 g/mol. The number of imidazole rings is 2. The lowest BCUT2D eigenvalue weighted by molar-refractivity contribution is -0.122. The molecule has 1 N–H and O–H groups in total. The van der Waals surface area contributed by atoms with Gasteiger partial charge in [-0.2, -0.15) is 0 Å². The zero-order valence-electron chi connectivity index (χ0n) is 16.0. The van der Waals surface area contributed by atoms with E-state index in [1.54, 1.807) is 42.2 Å². The number of para-hydroxylation sites is 2. The highest BCUT2D eigenvalue weighted by molar-refractivity contribution is 5.81. The van der Waals surface area contributed by atoms with Crippen molar-refractivity contribution in [3.63, 3.8) is 0 Å². The van der Waals surface area contributed by atoms with E-state index in [2.05, 4.69) is 10.3 Å². The molecule has 0 aliphatic heterocycles. The summed E-state index contributed by atoms with van der Waals surface area (Å²) in [7, 11) is 3.49. The van der Waals surface area contributed by atoms with Crippen LogP contribution in [0.5, 0.6) is 0 Å². The largest absolute Gasteiger partial charge is 0.341 e. The number of hydrogen-bond donors (Lipinski definition) is 1. The number of rotatable bonds is 5. The van der Waals surface area contributed by atoms with Gasteiger partial charge in [0, 0.05) is 26.5 Å². The van der Waals surface area contributed by atoms with Gasteiger partial charge in [0.2, 0.25) is 5.91 Å². The van der Waals surface area contributed by atoms with Gasteiger partial charge in [0.25, 0.3) is 0 Å². The van der Waals surface area contributed by atoms with Crippen LogP contribution in [0.1, 0.15) is 17.4 Å². The number of benzene rings is 2. The minimum absolute atomic E-state index is 0.137. The van der Waals surface area contributed by atoms with Crippen LogP contribution in [0.15, 0.2) is 65.7 Å². The predicted molar refractivity (Wildman–Crippen MR) is 107 cm³/mol. The van der Waals surface area contributed by atoms with Crippen LogP contribution in [-0.4, -0.2) is 24.6 Å². The first kappa shape index (κ1) is 18.7. The molecule has 148 valence electrons. The van der Waals surface area contributed by atoms with Crippen molar-refractivity contribution in [2.24, 2.45) is 14.1 Å². The minimum Gasteiger partial charge on any atom is -0.341 e. The SMILES string of the molecule is Cn1ccnc1C(NC(=O)Cn1c(=O)n(C)c2ccccc21)c1ccc(F)cc1. The zero-order valence-corrected chi connectivity index (χ0v) is 16.0. The quantitative estimate of drug-likeness (QED) is 0.564. The number of hydrogen-bond acceptors (Lipinski definition) is 3. The molecule has 2 aromatic carbocycles. The van der Waals surface area contributed by atoms with E-state index in [-0.39, 0.29) is 24.0 Å². The normalized spacial score (nSPS) is 12.2. The molecule has 0 spiro atoms. The molecule has 4 aromatic rings. The van der Waals surface area contributed by atoms with Crippen molar-refractivity contribution in [1.29, 1.82) is 0 Å². The molecule has 7 nitrogen and oxygen atoms in total. The summed E-state index contributed by atoms with van der Waals surface area (Å²) >= 11 is 0. The molecule has 0 bridgehead atoms. The molecule has 0 fully saturated rings. The summed E-state index contributed by atoms with van der Waals surface area (Å²) in [6, 6.07) is 12.6. The molecule has 0 aliphatic rings. The molecule has 1 amide bonds. The number of nitrogens with zero attached hydrogens (tertiary/aromatic N) is 4. The van der Waals surface area contributed by atoms with Crippen LogP contribution >= 0.6 is 0 Å². The predicted octanol–water partition coefficient (Wildman–Crippen LogP) is 2.12. The molecule has 0 radical (unpaired) electrons. The van der Waals surface area contributed by atoms with Gasteiger partial charge in [0.05, 0.1) is 11.0 Å². The van der Waals surface area contributed by atoms with Gasteiger partial charge in [-0.15, -0.1) is 0 Å². The van der Waals surface area contributed by atoms with E-state index in [1.807, 2.05) is 25.2 Å². The van der Waals surface area contributed by atoms with Gasteiger partial charge in [0.15, 0.2) is 0 Å². The van der Waals surface area contributed by atoms with Crippen LogP contribution < -0.4 is 11.0 Å². The highest BCUT2D eigenvalue weighted by Gasteiger charge is 2.22. The first-order chi connectivity index (χ1) is 14.0. The summed E-state index contributed by atoms with van der Waals surface area (Å²) in [6.07, 6.45) is 3.40. The molecule has 0 aliphatic carbocycles. The Morgan fingerprint density at radius 1 is 1.10 bits per heavy atom. The number of amides is 1. The van der Waals surface area contributed by atoms with Crippen molar-refractivity contribution in [3.05, 3.63) is 88.6 Å². The second kappa shape index (κ2) is 7.38. The molecule has 4 rings (SSSR count). The van der Waals surface area contributed by atoms with Crippen LogP contribution in [0.3, 0.4) is 0 Å². The van der Waals surface area contributed by atoms with Gasteiger partial charge in [-0.25, -0.2) is 14.2 Å². The Balaban J connectivity index is 1.66. The molecule has 8 heteroatoms. The lowest BCUT2D eigenvalue weighted by atomic mass is 10.1. The molecule has 2 heterocycles. The molecule has 1 unspecified atom stereocenters. The number of aromatic nitrogens is 4. The zero-order chi connectivity index (χ0) is 20.5. The van der Waals surface area contributed by atoms with E-state index >= 15 is 0 Å². The molecule has 0 saturated carbocycles. The van der Waals surface area contributed by atoms with Crippen molar-refractivity contribution >= 4 is 16.9 Å². The van der Waals surface area contributed by atoms with Gasteiger partial charge in [-0.3, -0.25) is 13.9 Å². The second-order valence-electron chi connectivity index (χ2n) is 6.86. The van der Waals surface area contributed by atoms with E-state index < -0.39 is 6.04 Å². The second-order valence-corrected chi connectivity index (χ2v) is 6.86. The summed E-state index contributed by atoms with van der Waals surface area (Å²) in [5.74, 6) is -0.100. The fourth-order valence-electron chi connectivity index (χ4n) is 3.47. The molecule has 0 saturated heterocycles. The lowest BCUT2D eigenvalue weighted by Crippen LogP contribution is -2.36. The van der Waals surface area contributed by atoms with E-state index in [9.17, 15) is 14.0 Å². The van der Waals surface area contributed by atoms with Gasteiger partial charge in [0.1, 0.15) is 24.2 Å². The van der Waals surface area contributed by atoms with Crippen molar-refractivity contribution in [2.45, 2.75) is 12.6 Å². The average molecular weight is 393 g/mol. The van der Waals surface area contributed by atoms with Crippen LogP contribution in [0.25, 0.3) is 11.0 Å². The van der Waals surface area contributed by atoms with Gasteiger partial charge < -0.3 is 9.88 Å². The van der Waals surface area contributed by atoms with Crippen molar-refractivity contribution in [1.82, 2.24) is 24.0 Å². The third-order valence-corrected chi connectivity index (χ3v) is 4.98.